The highest BCUT2D eigenvalue weighted by atomic mass is 79.9. The van der Waals surface area contributed by atoms with E-state index in [-0.39, 0.29) is 11.6 Å². The monoisotopic (exact) mass is 316 g/mol. The molecule has 1 aromatic heterocycles. The maximum absolute atomic E-state index is 6.07. The molecule has 18 heavy (non-hydrogen) atoms. The van der Waals surface area contributed by atoms with Crippen molar-refractivity contribution >= 4 is 15.9 Å². The second-order valence-corrected chi connectivity index (χ2v) is 5.66. The average molecular weight is 317 g/mol. The first kappa shape index (κ1) is 14.0. The zero-order valence-corrected chi connectivity index (χ0v) is 12.5. The first-order valence-corrected chi connectivity index (χ1v) is 7.21. The van der Waals surface area contributed by atoms with Gasteiger partial charge in [0, 0.05) is 13.7 Å². The number of hydrogen-bond donors (Lipinski definition) is 2. The lowest BCUT2D eigenvalue weighted by Crippen LogP contribution is -2.47. The molecule has 1 atom stereocenters. The largest absolute Gasteiger partial charge is 0.373 e. The lowest BCUT2D eigenvalue weighted by atomic mass is 9.90. The van der Waals surface area contributed by atoms with Crippen molar-refractivity contribution in [2.45, 2.75) is 44.2 Å². The molecule has 6 heteroatoms. The molecule has 1 aliphatic rings. The molecule has 2 rings (SSSR count). The summed E-state index contributed by atoms with van der Waals surface area (Å²) in [5, 5.41) is 4.27. The summed E-state index contributed by atoms with van der Waals surface area (Å²) in [6.07, 6.45) is 6.25. The van der Waals surface area contributed by atoms with Gasteiger partial charge in [-0.15, -0.1) is 0 Å². The minimum absolute atomic E-state index is 0.0400. The van der Waals surface area contributed by atoms with Crippen molar-refractivity contribution in [2.24, 2.45) is 12.9 Å². The molecular weight excluding hydrogens is 296 g/mol. The number of rotatable bonds is 5. The van der Waals surface area contributed by atoms with Crippen LogP contribution in [0.3, 0.4) is 0 Å². The van der Waals surface area contributed by atoms with Crippen molar-refractivity contribution in [1.29, 1.82) is 0 Å². The van der Waals surface area contributed by atoms with E-state index in [1.165, 1.54) is 12.8 Å². The molecule has 1 aliphatic carbocycles. The second kappa shape index (κ2) is 5.69. The Hall–Kier alpha value is -0.430. The Morgan fingerprint density at radius 3 is 2.72 bits per heavy atom. The fourth-order valence-electron chi connectivity index (χ4n) is 3.00. The maximum Gasteiger partial charge on any atom is 0.0929 e. The summed E-state index contributed by atoms with van der Waals surface area (Å²) >= 11 is 3.55. The lowest BCUT2D eigenvalue weighted by molar-refractivity contribution is -0.0646. The fraction of sp³-hybridized carbons (Fsp3) is 0.750. The Balaban J connectivity index is 2.37. The summed E-state index contributed by atoms with van der Waals surface area (Å²) in [7, 11) is 1.93. The van der Waals surface area contributed by atoms with Gasteiger partial charge in [0.2, 0.25) is 0 Å². The Kier molecular flexibility index (Phi) is 4.42. The van der Waals surface area contributed by atoms with Crippen LogP contribution in [0, 0.1) is 0 Å². The molecule has 1 aromatic rings. The fourth-order valence-corrected chi connectivity index (χ4v) is 3.58. The quantitative estimate of drug-likeness (QED) is 0.644. The Morgan fingerprint density at radius 1 is 1.61 bits per heavy atom. The minimum Gasteiger partial charge on any atom is -0.373 e. The van der Waals surface area contributed by atoms with Gasteiger partial charge in [-0.2, -0.15) is 5.10 Å². The van der Waals surface area contributed by atoms with E-state index in [4.69, 9.17) is 10.6 Å². The van der Waals surface area contributed by atoms with Gasteiger partial charge >= 0.3 is 0 Å². The summed E-state index contributed by atoms with van der Waals surface area (Å²) in [5.74, 6) is 5.81. The summed E-state index contributed by atoms with van der Waals surface area (Å²) in [4.78, 5) is 0. The first-order valence-electron chi connectivity index (χ1n) is 6.42. The van der Waals surface area contributed by atoms with Crippen LogP contribution >= 0.6 is 15.9 Å². The van der Waals surface area contributed by atoms with Gasteiger partial charge in [-0.3, -0.25) is 10.5 Å². The van der Waals surface area contributed by atoms with Crippen LogP contribution in [-0.4, -0.2) is 22.0 Å². The summed E-state index contributed by atoms with van der Waals surface area (Å²) in [5.41, 5.74) is 3.78. The van der Waals surface area contributed by atoms with E-state index in [1.807, 2.05) is 18.7 Å². The molecule has 0 radical (unpaired) electrons. The van der Waals surface area contributed by atoms with E-state index in [2.05, 4.69) is 26.5 Å². The summed E-state index contributed by atoms with van der Waals surface area (Å²) in [6.45, 7) is 2.74. The molecule has 5 nitrogen and oxygen atoms in total. The van der Waals surface area contributed by atoms with Crippen molar-refractivity contribution < 1.29 is 4.74 Å². The van der Waals surface area contributed by atoms with Crippen molar-refractivity contribution in [2.75, 3.05) is 6.61 Å². The molecule has 0 bridgehead atoms. The maximum atomic E-state index is 6.07. The van der Waals surface area contributed by atoms with Crippen LogP contribution in [0.1, 0.15) is 44.3 Å². The number of nitrogens with two attached hydrogens (primary N) is 1. The van der Waals surface area contributed by atoms with E-state index >= 15 is 0 Å². The third-order valence-electron chi connectivity index (χ3n) is 3.79. The third kappa shape index (κ3) is 2.34. The highest BCUT2D eigenvalue weighted by Gasteiger charge is 2.44. The van der Waals surface area contributed by atoms with Crippen molar-refractivity contribution in [3.05, 3.63) is 16.4 Å². The van der Waals surface area contributed by atoms with Crippen LogP contribution in [-0.2, 0) is 11.8 Å². The molecule has 1 unspecified atom stereocenters. The van der Waals surface area contributed by atoms with Crippen LogP contribution in [0.5, 0.6) is 0 Å². The van der Waals surface area contributed by atoms with Crippen LogP contribution in [0.4, 0.5) is 0 Å². The van der Waals surface area contributed by atoms with Crippen LogP contribution in [0.25, 0.3) is 0 Å². The SMILES string of the molecule is CCOC1(C(NN)c2c(Br)cnn2C)CCCC1. The number of halogens is 1. The number of hydrogen-bond acceptors (Lipinski definition) is 4. The topological polar surface area (TPSA) is 65.1 Å². The second-order valence-electron chi connectivity index (χ2n) is 4.81. The number of ether oxygens (including phenoxy) is 1. The van der Waals surface area contributed by atoms with Gasteiger partial charge in [-0.1, -0.05) is 12.8 Å². The van der Waals surface area contributed by atoms with Gasteiger partial charge in [-0.05, 0) is 35.7 Å². The van der Waals surface area contributed by atoms with Crippen molar-refractivity contribution in [3.63, 3.8) is 0 Å². The molecule has 0 amide bonds. The molecule has 0 aromatic carbocycles. The Labute approximate surface area is 116 Å². The van der Waals surface area contributed by atoms with Crippen molar-refractivity contribution in [3.8, 4) is 0 Å². The molecular formula is C12H21BrN4O. The minimum atomic E-state index is -0.209. The zero-order valence-electron chi connectivity index (χ0n) is 10.9. The van der Waals surface area contributed by atoms with Gasteiger partial charge in [-0.25, -0.2) is 5.43 Å². The number of nitrogens with one attached hydrogen (secondary N) is 1. The van der Waals surface area contributed by atoms with Gasteiger partial charge in [0.25, 0.3) is 0 Å². The smallest absolute Gasteiger partial charge is 0.0929 e. The van der Waals surface area contributed by atoms with E-state index in [0.717, 1.165) is 23.0 Å². The lowest BCUT2D eigenvalue weighted by Gasteiger charge is -2.37. The summed E-state index contributed by atoms with van der Waals surface area (Å²) < 4.78 is 8.90. The number of aryl methyl sites for hydroxylation is 1. The standard InChI is InChI=1S/C12H21BrN4O/c1-3-18-12(6-4-5-7-12)11(16-14)10-9(13)8-15-17(10)2/h8,11,16H,3-7,14H2,1-2H3. The summed E-state index contributed by atoms with van der Waals surface area (Å²) in [6, 6.07) is -0.0400. The third-order valence-corrected chi connectivity index (χ3v) is 4.40. The number of hydrazine groups is 1. The van der Waals surface area contributed by atoms with Crippen molar-refractivity contribution in [1.82, 2.24) is 15.2 Å². The molecule has 1 saturated carbocycles. The van der Waals surface area contributed by atoms with Gasteiger partial charge < -0.3 is 4.74 Å². The average Bonchev–Trinajstić information content (AvgIpc) is 2.93. The predicted octanol–water partition coefficient (Wildman–Crippen LogP) is 2.04. The Morgan fingerprint density at radius 2 is 2.28 bits per heavy atom. The molecule has 0 aliphatic heterocycles. The molecule has 0 spiro atoms. The van der Waals surface area contributed by atoms with E-state index in [1.54, 1.807) is 6.20 Å². The highest BCUT2D eigenvalue weighted by molar-refractivity contribution is 9.10. The van der Waals surface area contributed by atoms with Gasteiger partial charge in [0.1, 0.15) is 0 Å². The molecule has 102 valence electrons. The molecule has 3 N–H and O–H groups in total. The van der Waals surface area contributed by atoms with E-state index in [9.17, 15) is 0 Å². The van der Waals surface area contributed by atoms with Crippen LogP contribution < -0.4 is 11.3 Å². The number of aromatic nitrogens is 2. The van der Waals surface area contributed by atoms with E-state index < -0.39 is 0 Å². The van der Waals surface area contributed by atoms with Crippen LogP contribution in [0.2, 0.25) is 0 Å². The molecule has 0 saturated heterocycles. The predicted molar refractivity (Wildman–Crippen MR) is 73.8 cm³/mol. The Bertz CT molecular complexity index is 381. The van der Waals surface area contributed by atoms with Gasteiger partial charge in [0.05, 0.1) is 28.0 Å². The normalized spacial score (nSPS) is 20.2. The van der Waals surface area contributed by atoms with E-state index in [0.29, 0.717) is 6.61 Å². The first-order chi connectivity index (χ1) is 8.64. The molecule has 1 fully saturated rings. The number of nitrogens with zero attached hydrogens (tertiary/aromatic N) is 2. The highest BCUT2D eigenvalue weighted by Crippen LogP contribution is 2.44. The zero-order chi connectivity index (χ0) is 13.2. The van der Waals surface area contributed by atoms with Gasteiger partial charge in [0.15, 0.2) is 0 Å². The van der Waals surface area contributed by atoms with Crippen LogP contribution in [0.15, 0.2) is 10.7 Å². The molecule has 1 heterocycles.